The minimum Gasteiger partial charge on any atom is -0.387 e. The maximum absolute atomic E-state index is 14.2. The summed E-state index contributed by atoms with van der Waals surface area (Å²) < 4.78 is 48.1. The molecular weight excluding hydrogens is 549 g/mol. The molecule has 19 heteroatoms. The molecular formula is C17H20ClFN6O9P2. The minimum atomic E-state index is -4.87. The largest absolute Gasteiger partial charge is 0.387 e. The summed E-state index contributed by atoms with van der Waals surface area (Å²) in [7, 11) is -9.61. The van der Waals surface area contributed by atoms with E-state index in [1.54, 1.807) is 24.3 Å². The molecule has 2 aromatic heterocycles. The fraction of sp³-hybridized carbons (Fsp3) is 0.412. The highest BCUT2D eigenvalue weighted by Crippen LogP contribution is 2.55. The van der Waals surface area contributed by atoms with Crippen molar-refractivity contribution in [3.8, 4) is 0 Å². The summed E-state index contributed by atoms with van der Waals surface area (Å²) in [5.74, 6) is -1.47. The predicted molar refractivity (Wildman–Crippen MR) is 120 cm³/mol. The maximum atomic E-state index is 14.2. The van der Waals surface area contributed by atoms with Crippen molar-refractivity contribution >= 4 is 43.8 Å². The van der Waals surface area contributed by atoms with Crippen molar-refractivity contribution in [1.82, 2.24) is 25.0 Å². The molecule has 1 aliphatic heterocycles. The van der Waals surface area contributed by atoms with Crippen LogP contribution in [0.25, 0.3) is 11.2 Å². The molecule has 4 rings (SSSR count). The van der Waals surface area contributed by atoms with E-state index < -0.39 is 58.3 Å². The van der Waals surface area contributed by atoms with Gasteiger partial charge in [-0.2, -0.15) is 19.0 Å². The number of hydrogen-bond donors (Lipinski definition) is 6. The third-order valence-corrected chi connectivity index (χ3v) is 8.91. The molecule has 1 aliphatic rings. The lowest BCUT2D eigenvalue weighted by Crippen LogP contribution is -2.33. The van der Waals surface area contributed by atoms with Gasteiger partial charge < -0.3 is 39.5 Å². The molecule has 1 unspecified atom stereocenters. The van der Waals surface area contributed by atoms with E-state index >= 15 is 0 Å². The highest BCUT2D eigenvalue weighted by atomic mass is 35.5. The molecule has 0 saturated carbocycles. The van der Waals surface area contributed by atoms with E-state index in [1.807, 2.05) is 0 Å². The van der Waals surface area contributed by atoms with Crippen molar-refractivity contribution in [3.05, 3.63) is 40.9 Å². The van der Waals surface area contributed by atoms with E-state index in [1.165, 1.54) is 0 Å². The van der Waals surface area contributed by atoms with Gasteiger partial charge in [0.15, 0.2) is 29.1 Å². The number of aromatic nitrogens is 5. The van der Waals surface area contributed by atoms with Gasteiger partial charge in [0.2, 0.25) is 0 Å². The lowest BCUT2D eigenvalue weighted by Gasteiger charge is -2.18. The van der Waals surface area contributed by atoms with Crippen molar-refractivity contribution in [3.63, 3.8) is 0 Å². The first-order chi connectivity index (χ1) is 16.8. The first-order valence-electron chi connectivity index (χ1n) is 10.1. The molecule has 1 saturated heterocycles. The Labute approximate surface area is 206 Å². The van der Waals surface area contributed by atoms with Crippen LogP contribution in [0.3, 0.4) is 0 Å². The average molecular weight is 569 g/mol. The number of halogens is 2. The number of nitrogens with one attached hydrogen (secondary N) is 1. The van der Waals surface area contributed by atoms with Crippen LogP contribution >= 0.6 is 26.8 Å². The number of nitrogens with zero attached hydrogens (tertiary/aromatic N) is 5. The second-order valence-corrected chi connectivity index (χ2v) is 12.2. The summed E-state index contributed by atoms with van der Waals surface area (Å²) in [5.41, 5.74) is 0.505. The normalized spacial score (nSPS) is 24.2. The standard InChI is InChI=1S/C17H20ClFN6O9P2/c18-9-4-2-1-3-8(9)5-20-14-11-15(22-17(19)21-14)25(24-23-11)16-13(27)12(26)10(34-16)6-33-36(31,32)7-35(28,29)30/h1-4,10,12-13,16,26-27H,5-7H2,(H,31,32)(H,20,21,22)(H2,28,29,30)/t10-,12-,13-,16-/m1/s1. The number of rotatable bonds is 9. The number of benzene rings is 1. The SMILES string of the molecule is O=P(O)(O)CP(=O)(O)OC[C@H]1O[C@@H](n2nnc3c(NCc4ccccc4Cl)nc(F)nc32)[C@H](O)[C@@H]1O. The zero-order valence-electron chi connectivity index (χ0n) is 18.0. The Balaban J connectivity index is 1.53. The summed E-state index contributed by atoms with van der Waals surface area (Å²) in [6, 6.07) is 6.94. The molecule has 36 heavy (non-hydrogen) atoms. The van der Waals surface area contributed by atoms with Gasteiger partial charge >= 0.3 is 21.3 Å². The zero-order valence-corrected chi connectivity index (χ0v) is 20.5. The monoisotopic (exact) mass is 568 g/mol. The smallest absolute Gasteiger partial charge is 0.340 e. The van der Waals surface area contributed by atoms with Crippen LogP contribution in [-0.4, -0.2) is 80.7 Å². The van der Waals surface area contributed by atoms with Gasteiger partial charge in [0.1, 0.15) is 18.3 Å². The molecule has 5 atom stereocenters. The van der Waals surface area contributed by atoms with Gasteiger partial charge in [-0.15, -0.1) is 5.10 Å². The minimum absolute atomic E-state index is 0.00921. The fourth-order valence-corrected chi connectivity index (χ4v) is 6.22. The Morgan fingerprint density at radius 1 is 1.17 bits per heavy atom. The highest BCUT2D eigenvalue weighted by molar-refractivity contribution is 7.70. The van der Waals surface area contributed by atoms with E-state index in [2.05, 4.69) is 30.1 Å². The Bertz CT molecular complexity index is 1360. The first kappa shape index (κ1) is 26.9. The molecule has 0 radical (unpaired) electrons. The molecule has 1 fully saturated rings. The molecule has 3 aromatic rings. The van der Waals surface area contributed by atoms with Crippen LogP contribution in [-0.2, 0) is 24.9 Å². The van der Waals surface area contributed by atoms with E-state index in [9.17, 15) is 28.6 Å². The number of aliphatic hydroxyl groups excluding tert-OH is 2. The van der Waals surface area contributed by atoms with Gasteiger partial charge in [0.25, 0.3) is 0 Å². The summed E-state index contributed by atoms with van der Waals surface area (Å²) in [6.45, 7) is -0.641. The van der Waals surface area contributed by atoms with Crippen molar-refractivity contribution in [2.45, 2.75) is 31.1 Å². The van der Waals surface area contributed by atoms with Crippen molar-refractivity contribution in [1.29, 1.82) is 0 Å². The van der Waals surface area contributed by atoms with Gasteiger partial charge in [-0.05, 0) is 11.6 Å². The van der Waals surface area contributed by atoms with Crippen molar-refractivity contribution in [2.75, 3.05) is 17.8 Å². The maximum Gasteiger partial charge on any atom is 0.340 e. The van der Waals surface area contributed by atoms with Gasteiger partial charge in [-0.25, -0.2) is 0 Å². The molecule has 15 nitrogen and oxygen atoms in total. The number of hydrogen-bond acceptors (Lipinski definition) is 11. The summed E-state index contributed by atoms with van der Waals surface area (Å²) in [5, 5.41) is 31.8. The fourth-order valence-electron chi connectivity index (χ4n) is 3.45. The van der Waals surface area contributed by atoms with Crippen LogP contribution < -0.4 is 5.32 Å². The number of aliphatic hydroxyl groups is 2. The topological polar surface area (TPSA) is 222 Å². The lowest BCUT2D eigenvalue weighted by molar-refractivity contribution is -0.0550. The number of ether oxygens (including phenoxy) is 1. The highest BCUT2D eigenvalue weighted by Gasteiger charge is 2.46. The molecule has 3 heterocycles. The second-order valence-electron chi connectivity index (χ2n) is 7.78. The molecule has 6 N–H and O–H groups in total. The van der Waals surface area contributed by atoms with Crippen molar-refractivity contribution < 1.29 is 47.7 Å². The van der Waals surface area contributed by atoms with Crippen LogP contribution in [0.5, 0.6) is 0 Å². The lowest BCUT2D eigenvalue weighted by atomic mass is 10.1. The van der Waals surface area contributed by atoms with Gasteiger partial charge in [-0.1, -0.05) is 35.0 Å². The number of anilines is 1. The molecule has 0 spiro atoms. The van der Waals surface area contributed by atoms with E-state index in [-0.39, 0.29) is 23.5 Å². The van der Waals surface area contributed by atoms with E-state index in [0.717, 1.165) is 4.68 Å². The second kappa shape index (κ2) is 10.3. The van der Waals surface area contributed by atoms with Crippen LogP contribution in [0, 0.1) is 6.08 Å². The van der Waals surface area contributed by atoms with Crippen molar-refractivity contribution in [2.24, 2.45) is 0 Å². The van der Waals surface area contributed by atoms with Gasteiger partial charge in [-0.3, -0.25) is 9.13 Å². The third-order valence-electron chi connectivity index (χ3n) is 5.08. The van der Waals surface area contributed by atoms with Crippen LogP contribution in [0.2, 0.25) is 5.02 Å². The molecule has 0 aliphatic carbocycles. The van der Waals surface area contributed by atoms with E-state index in [0.29, 0.717) is 10.6 Å². The Hall–Kier alpha value is -2.10. The molecule has 196 valence electrons. The first-order valence-corrected chi connectivity index (χ1v) is 14.1. The van der Waals surface area contributed by atoms with Crippen LogP contribution in [0.15, 0.2) is 24.3 Å². The zero-order chi connectivity index (χ0) is 26.3. The average Bonchev–Trinajstić information content (AvgIpc) is 3.31. The van der Waals surface area contributed by atoms with Gasteiger partial charge in [0, 0.05) is 11.6 Å². The molecule has 0 amide bonds. The molecule has 1 aromatic carbocycles. The Morgan fingerprint density at radius 2 is 1.89 bits per heavy atom. The Morgan fingerprint density at radius 3 is 2.58 bits per heavy atom. The van der Waals surface area contributed by atoms with Crippen LogP contribution in [0.4, 0.5) is 10.2 Å². The summed E-state index contributed by atoms with van der Waals surface area (Å²) in [6.07, 6.45) is -7.39. The van der Waals surface area contributed by atoms with Crippen LogP contribution in [0.1, 0.15) is 11.8 Å². The number of fused-ring (bicyclic) bond motifs is 1. The predicted octanol–water partition coefficient (Wildman–Crippen LogP) is 0.582. The van der Waals surface area contributed by atoms with Gasteiger partial charge in [0.05, 0.1) is 6.61 Å². The molecule has 0 bridgehead atoms. The summed E-state index contributed by atoms with van der Waals surface area (Å²) in [4.78, 5) is 34.7. The van der Waals surface area contributed by atoms with E-state index in [4.69, 9.17) is 26.1 Å². The Kier molecular flexibility index (Phi) is 7.74. The quantitative estimate of drug-likeness (QED) is 0.153. The summed E-state index contributed by atoms with van der Waals surface area (Å²) >= 11 is 6.13. The third kappa shape index (κ3) is 6.06.